The minimum atomic E-state index is -0.393. The maximum absolute atomic E-state index is 11.7. The van der Waals surface area contributed by atoms with Crippen molar-refractivity contribution < 1.29 is 14.6 Å². The molecule has 3 rings (SSSR count). The molecule has 0 aliphatic heterocycles. The monoisotopic (exact) mass is 294 g/mol. The van der Waals surface area contributed by atoms with E-state index < -0.39 is 5.97 Å². The van der Waals surface area contributed by atoms with Gasteiger partial charge in [0.1, 0.15) is 5.75 Å². The van der Waals surface area contributed by atoms with Crippen LogP contribution in [-0.2, 0) is 4.74 Å². The number of esters is 1. The predicted octanol–water partition coefficient (Wildman–Crippen LogP) is 3.23. The zero-order chi connectivity index (χ0) is 15.5. The molecule has 0 saturated carbocycles. The average Bonchev–Trinajstić information content (AvgIpc) is 3.00. The second-order valence-electron chi connectivity index (χ2n) is 4.82. The molecule has 1 aromatic heterocycles. The number of H-pyrrole nitrogens is 1. The Balaban J connectivity index is 2.05. The van der Waals surface area contributed by atoms with Gasteiger partial charge in [-0.05, 0) is 29.8 Å². The smallest absolute Gasteiger partial charge is 0.337 e. The molecule has 2 N–H and O–H groups in total. The molecule has 0 radical (unpaired) electrons. The summed E-state index contributed by atoms with van der Waals surface area (Å²) in [5.41, 5.74) is 2.98. The van der Waals surface area contributed by atoms with Gasteiger partial charge >= 0.3 is 5.97 Å². The third-order valence-corrected chi connectivity index (χ3v) is 3.33. The van der Waals surface area contributed by atoms with E-state index in [1.54, 1.807) is 36.5 Å². The van der Waals surface area contributed by atoms with Crippen LogP contribution in [0.3, 0.4) is 0 Å². The van der Waals surface area contributed by atoms with Gasteiger partial charge in [0.2, 0.25) is 0 Å². The Morgan fingerprint density at radius 3 is 2.91 bits per heavy atom. The first-order valence-corrected chi connectivity index (χ1v) is 6.70. The van der Waals surface area contributed by atoms with Crippen molar-refractivity contribution in [1.29, 1.82) is 0 Å². The van der Waals surface area contributed by atoms with Crippen LogP contribution in [0.1, 0.15) is 21.5 Å². The molecule has 0 unspecified atom stereocenters. The second-order valence-corrected chi connectivity index (χ2v) is 4.82. The van der Waals surface area contributed by atoms with Gasteiger partial charge in [-0.15, -0.1) is 0 Å². The van der Waals surface area contributed by atoms with Gasteiger partial charge in [-0.1, -0.05) is 24.3 Å². The van der Waals surface area contributed by atoms with Crippen LogP contribution in [0.25, 0.3) is 23.1 Å². The normalized spacial score (nSPS) is 11.1. The molecule has 110 valence electrons. The molecule has 0 amide bonds. The number of carbonyl (C=O) groups is 1. The number of fused-ring (bicyclic) bond motifs is 1. The number of methoxy groups -OCH3 is 1. The number of ether oxygens (including phenoxy) is 1. The highest BCUT2D eigenvalue weighted by atomic mass is 16.5. The molecule has 5 heteroatoms. The minimum Gasteiger partial charge on any atom is -0.508 e. The van der Waals surface area contributed by atoms with E-state index in [-0.39, 0.29) is 5.75 Å². The number of benzene rings is 2. The highest BCUT2D eigenvalue weighted by Gasteiger charge is 2.10. The van der Waals surface area contributed by atoms with Gasteiger partial charge in [0, 0.05) is 10.9 Å². The van der Waals surface area contributed by atoms with E-state index in [1.807, 2.05) is 18.2 Å². The highest BCUT2D eigenvalue weighted by molar-refractivity contribution is 5.98. The van der Waals surface area contributed by atoms with Gasteiger partial charge in [-0.2, -0.15) is 5.10 Å². The number of hydrogen-bond donors (Lipinski definition) is 2. The summed E-state index contributed by atoms with van der Waals surface area (Å²) in [6.45, 7) is 0. The Labute approximate surface area is 126 Å². The minimum absolute atomic E-state index is 0.206. The summed E-state index contributed by atoms with van der Waals surface area (Å²) >= 11 is 0. The van der Waals surface area contributed by atoms with Crippen molar-refractivity contribution in [2.45, 2.75) is 0 Å². The second kappa shape index (κ2) is 5.73. The van der Waals surface area contributed by atoms with Gasteiger partial charge in [0.25, 0.3) is 0 Å². The van der Waals surface area contributed by atoms with Crippen molar-refractivity contribution in [3.8, 4) is 5.75 Å². The standard InChI is InChI=1S/C17H14N2O3/c1-22-17(21)13-8-12(16-14(9-13)10-18-19-16)6-5-11-3-2-4-15(20)7-11/h2-10,20H,1H3,(H,18,19)/b6-5+. The van der Waals surface area contributed by atoms with Gasteiger partial charge in [-0.3, -0.25) is 5.10 Å². The molecule has 0 atom stereocenters. The summed E-state index contributed by atoms with van der Waals surface area (Å²) in [7, 11) is 1.35. The van der Waals surface area contributed by atoms with Crippen LogP contribution in [0.5, 0.6) is 5.75 Å². The zero-order valence-corrected chi connectivity index (χ0v) is 11.9. The van der Waals surface area contributed by atoms with Crippen molar-refractivity contribution in [2.75, 3.05) is 7.11 Å². The molecule has 0 saturated heterocycles. The van der Waals surface area contributed by atoms with Crippen LogP contribution in [-0.4, -0.2) is 28.4 Å². The Hall–Kier alpha value is -3.08. The number of hydrogen-bond acceptors (Lipinski definition) is 4. The molecular weight excluding hydrogens is 280 g/mol. The molecule has 0 spiro atoms. The van der Waals surface area contributed by atoms with Crippen LogP contribution in [0, 0.1) is 0 Å². The highest BCUT2D eigenvalue weighted by Crippen LogP contribution is 2.22. The molecule has 0 aliphatic rings. The first-order valence-electron chi connectivity index (χ1n) is 6.70. The van der Waals surface area contributed by atoms with E-state index in [4.69, 9.17) is 4.74 Å². The maximum atomic E-state index is 11.7. The summed E-state index contributed by atoms with van der Waals surface area (Å²) in [4.78, 5) is 11.7. The largest absolute Gasteiger partial charge is 0.508 e. The van der Waals surface area contributed by atoms with Crippen LogP contribution >= 0.6 is 0 Å². The number of aromatic hydroxyl groups is 1. The lowest BCUT2D eigenvalue weighted by molar-refractivity contribution is 0.0601. The van der Waals surface area contributed by atoms with Crippen molar-refractivity contribution in [3.05, 3.63) is 59.3 Å². The molecule has 1 heterocycles. The lowest BCUT2D eigenvalue weighted by Gasteiger charge is -2.03. The van der Waals surface area contributed by atoms with Gasteiger partial charge in [0.05, 0.1) is 24.4 Å². The Morgan fingerprint density at radius 1 is 1.27 bits per heavy atom. The van der Waals surface area contributed by atoms with Crippen molar-refractivity contribution in [2.24, 2.45) is 0 Å². The SMILES string of the molecule is COC(=O)c1cc(/C=C/c2cccc(O)c2)c2[nH]ncc2c1. The van der Waals surface area contributed by atoms with E-state index in [2.05, 4.69) is 10.2 Å². The summed E-state index contributed by atoms with van der Waals surface area (Å²) in [5, 5.41) is 17.2. The van der Waals surface area contributed by atoms with E-state index in [0.717, 1.165) is 22.0 Å². The molecule has 5 nitrogen and oxygen atoms in total. The third kappa shape index (κ3) is 2.69. The molecule has 2 aromatic carbocycles. The fourth-order valence-electron chi connectivity index (χ4n) is 2.27. The number of carbonyl (C=O) groups excluding carboxylic acids is 1. The van der Waals surface area contributed by atoms with E-state index in [9.17, 15) is 9.90 Å². The summed E-state index contributed by atoms with van der Waals surface area (Å²) < 4.78 is 4.77. The number of phenolic OH excluding ortho intramolecular Hbond substituents is 1. The van der Waals surface area contributed by atoms with E-state index in [1.165, 1.54) is 7.11 Å². The fraction of sp³-hybridized carbons (Fsp3) is 0.0588. The molecule has 0 aliphatic carbocycles. The topological polar surface area (TPSA) is 75.2 Å². The Kier molecular flexibility index (Phi) is 3.62. The predicted molar refractivity (Wildman–Crippen MR) is 84.5 cm³/mol. The van der Waals surface area contributed by atoms with Gasteiger partial charge in [0.15, 0.2) is 0 Å². The van der Waals surface area contributed by atoms with Crippen LogP contribution < -0.4 is 0 Å². The van der Waals surface area contributed by atoms with Crippen LogP contribution in [0.4, 0.5) is 0 Å². The van der Waals surface area contributed by atoms with E-state index >= 15 is 0 Å². The third-order valence-electron chi connectivity index (χ3n) is 3.33. The molecular formula is C17H14N2O3. The molecule has 0 bridgehead atoms. The number of phenols is 1. The van der Waals surface area contributed by atoms with Gasteiger partial charge < -0.3 is 9.84 Å². The summed E-state index contributed by atoms with van der Waals surface area (Å²) in [5.74, 6) is -0.188. The fourth-order valence-corrected chi connectivity index (χ4v) is 2.27. The summed E-state index contributed by atoms with van der Waals surface area (Å²) in [6, 6.07) is 10.4. The zero-order valence-electron chi connectivity index (χ0n) is 11.9. The number of rotatable bonds is 3. The van der Waals surface area contributed by atoms with Crippen molar-refractivity contribution in [3.63, 3.8) is 0 Å². The van der Waals surface area contributed by atoms with Crippen LogP contribution in [0.2, 0.25) is 0 Å². The molecule has 3 aromatic rings. The summed E-state index contributed by atoms with van der Waals surface area (Å²) in [6.07, 6.45) is 5.38. The van der Waals surface area contributed by atoms with Gasteiger partial charge in [-0.25, -0.2) is 4.79 Å². The first kappa shape index (κ1) is 13.9. The quantitative estimate of drug-likeness (QED) is 0.574. The number of aromatic amines is 1. The average molecular weight is 294 g/mol. The molecule has 22 heavy (non-hydrogen) atoms. The molecule has 0 fully saturated rings. The Bertz CT molecular complexity index is 865. The van der Waals surface area contributed by atoms with Crippen molar-refractivity contribution in [1.82, 2.24) is 10.2 Å². The number of nitrogens with one attached hydrogen (secondary N) is 1. The lowest BCUT2D eigenvalue weighted by atomic mass is 10.1. The van der Waals surface area contributed by atoms with Crippen molar-refractivity contribution >= 4 is 29.0 Å². The first-order chi connectivity index (χ1) is 10.7. The lowest BCUT2D eigenvalue weighted by Crippen LogP contribution is -2.01. The number of nitrogens with zero attached hydrogens (tertiary/aromatic N) is 1. The maximum Gasteiger partial charge on any atom is 0.337 e. The number of aromatic nitrogens is 2. The van der Waals surface area contributed by atoms with E-state index in [0.29, 0.717) is 5.56 Å². The van der Waals surface area contributed by atoms with Crippen LogP contribution in [0.15, 0.2) is 42.6 Å². The Morgan fingerprint density at radius 2 is 2.14 bits per heavy atom.